The minimum Gasteiger partial charge on any atom is -0.499 e. The number of nitro benzene ring substituents is 1. The summed E-state index contributed by atoms with van der Waals surface area (Å²) in [6.45, 7) is 1.69. The molecule has 0 fully saturated rings. The summed E-state index contributed by atoms with van der Waals surface area (Å²) in [4.78, 5) is 10.2. The van der Waals surface area contributed by atoms with Crippen molar-refractivity contribution in [3.05, 3.63) is 57.6 Å². The van der Waals surface area contributed by atoms with Crippen LogP contribution in [0, 0.1) is 17.0 Å². The van der Waals surface area contributed by atoms with Crippen LogP contribution in [-0.4, -0.2) is 23.5 Å². The average Bonchev–Trinajstić information content (AvgIpc) is 2.45. The SMILES string of the molecule is Cc1ccccc1-c1c([N+](=O)[O-])cc(C(O)=S)cc1S(N)(=O)=O. The number of thiocarbonyl (C=S) groups is 1. The summed E-state index contributed by atoms with van der Waals surface area (Å²) < 4.78 is 23.8. The molecule has 0 aliphatic carbocycles. The normalized spacial score (nSPS) is 11.2. The summed E-state index contributed by atoms with van der Waals surface area (Å²) >= 11 is 4.57. The fraction of sp³-hybridized carbons (Fsp3) is 0.0714. The van der Waals surface area contributed by atoms with E-state index >= 15 is 0 Å². The number of aliphatic hydroxyl groups is 1. The fourth-order valence-electron chi connectivity index (χ4n) is 2.22. The van der Waals surface area contributed by atoms with Crippen LogP contribution in [-0.2, 0) is 10.0 Å². The number of hydrogen-bond acceptors (Lipinski definition) is 5. The maximum Gasteiger partial charge on any atom is 0.279 e. The monoisotopic (exact) mass is 352 g/mol. The van der Waals surface area contributed by atoms with Gasteiger partial charge < -0.3 is 5.11 Å². The third-order valence-corrected chi connectivity index (χ3v) is 4.42. The molecule has 0 heterocycles. The van der Waals surface area contributed by atoms with Crippen molar-refractivity contribution in [2.24, 2.45) is 5.14 Å². The number of aryl methyl sites for hydroxylation is 1. The highest BCUT2D eigenvalue weighted by molar-refractivity contribution is 7.89. The molecule has 0 bridgehead atoms. The summed E-state index contributed by atoms with van der Waals surface area (Å²) in [5.74, 6) is 0. The molecule has 2 aromatic rings. The molecule has 7 nitrogen and oxygen atoms in total. The van der Waals surface area contributed by atoms with E-state index in [9.17, 15) is 23.6 Å². The number of aliphatic hydroxyl groups excluding tert-OH is 1. The molecule has 2 rings (SSSR count). The molecule has 0 amide bonds. The van der Waals surface area contributed by atoms with E-state index < -0.39 is 30.6 Å². The molecule has 0 aliphatic heterocycles. The Balaban J connectivity index is 3.02. The van der Waals surface area contributed by atoms with Crippen molar-refractivity contribution in [3.63, 3.8) is 0 Å². The second-order valence-corrected chi connectivity index (χ2v) is 6.71. The summed E-state index contributed by atoms with van der Waals surface area (Å²) in [6.07, 6.45) is 0. The number of rotatable bonds is 4. The van der Waals surface area contributed by atoms with Gasteiger partial charge in [-0.25, -0.2) is 13.6 Å². The first-order chi connectivity index (χ1) is 10.6. The zero-order valence-electron chi connectivity index (χ0n) is 11.9. The first-order valence-corrected chi connectivity index (χ1v) is 8.23. The molecule has 23 heavy (non-hydrogen) atoms. The van der Waals surface area contributed by atoms with E-state index in [0.29, 0.717) is 11.1 Å². The Morgan fingerprint density at radius 3 is 2.39 bits per heavy atom. The molecule has 0 aliphatic rings. The van der Waals surface area contributed by atoms with Gasteiger partial charge in [-0.3, -0.25) is 10.1 Å². The molecule has 9 heteroatoms. The van der Waals surface area contributed by atoms with E-state index in [1.165, 1.54) is 0 Å². The lowest BCUT2D eigenvalue weighted by Gasteiger charge is -2.12. The summed E-state index contributed by atoms with van der Waals surface area (Å²) in [6, 6.07) is 8.66. The highest BCUT2D eigenvalue weighted by Crippen LogP contribution is 2.38. The van der Waals surface area contributed by atoms with Crippen LogP contribution in [0.1, 0.15) is 11.1 Å². The minimum absolute atomic E-state index is 0.129. The molecule has 0 saturated heterocycles. The van der Waals surface area contributed by atoms with E-state index in [2.05, 4.69) is 12.2 Å². The predicted octanol–water partition coefficient (Wildman–Crippen LogP) is 2.45. The van der Waals surface area contributed by atoms with E-state index in [4.69, 9.17) is 5.14 Å². The van der Waals surface area contributed by atoms with Gasteiger partial charge in [-0.05, 0) is 36.3 Å². The molecule has 3 N–H and O–H groups in total. The third-order valence-electron chi connectivity index (χ3n) is 3.25. The number of nitrogens with zero attached hydrogens (tertiary/aromatic N) is 1. The maximum atomic E-state index is 11.9. The zero-order chi connectivity index (χ0) is 17.4. The van der Waals surface area contributed by atoms with Crippen molar-refractivity contribution in [2.75, 3.05) is 0 Å². The van der Waals surface area contributed by atoms with Gasteiger partial charge in [0.2, 0.25) is 10.0 Å². The van der Waals surface area contributed by atoms with Gasteiger partial charge in [0, 0.05) is 11.6 Å². The molecule has 0 radical (unpaired) electrons. The number of benzene rings is 2. The number of sulfonamides is 1. The Labute approximate surface area is 137 Å². The Bertz CT molecular complexity index is 923. The smallest absolute Gasteiger partial charge is 0.279 e. The van der Waals surface area contributed by atoms with Crippen molar-refractivity contribution in [1.29, 1.82) is 0 Å². The van der Waals surface area contributed by atoms with Crippen LogP contribution in [0.5, 0.6) is 0 Å². The molecule has 0 saturated carbocycles. The summed E-state index contributed by atoms with van der Waals surface area (Å²) in [7, 11) is -4.29. The van der Waals surface area contributed by atoms with Gasteiger partial charge in [-0.2, -0.15) is 0 Å². The average molecular weight is 352 g/mol. The molecule has 0 spiro atoms. The van der Waals surface area contributed by atoms with Gasteiger partial charge in [0.05, 0.1) is 15.4 Å². The van der Waals surface area contributed by atoms with Crippen molar-refractivity contribution in [3.8, 4) is 11.1 Å². The van der Waals surface area contributed by atoms with Crippen LogP contribution in [0.4, 0.5) is 5.69 Å². The van der Waals surface area contributed by atoms with Gasteiger partial charge in [-0.1, -0.05) is 24.3 Å². The second kappa shape index (κ2) is 6.03. The van der Waals surface area contributed by atoms with Crippen LogP contribution < -0.4 is 5.14 Å². The van der Waals surface area contributed by atoms with Crippen LogP contribution in [0.2, 0.25) is 0 Å². The Hall–Kier alpha value is -2.36. The molecule has 0 atom stereocenters. The van der Waals surface area contributed by atoms with Gasteiger partial charge in [-0.15, -0.1) is 0 Å². The number of nitro groups is 1. The quantitative estimate of drug-likeness (QED) is 0.495. The Kier molecular flexibility index (Phi) is 4.46. The van der Waals surface area contributed by atoms with Crippen LogP contribution in [0.3, 0.4) is 0 Å². The highest BCUT2D eigenvalue weighted by Gasteiger charge is 2.28. The molecule has 0 unspecified atom stereocenters. The van der Waals surface area contributed by atoms with Crippen molar-refractivity contribution < 1.29 is 18.4 Å². The number of nitrogens with two attached hydrogens (primary N) is 1. The van der Waals surface area contributed by atoms with Crippen molar-refractivity contribution in [1.82, 2.24) is 0 Å². The topological polar surface area (TPSA) is 124 Å². The van der Waals surface area contributed by atoms with Gasteiger partial charge >= 0.3 is 0 Å². The van der Waals surface area contributed by atoms with Gasteiger partial charge in [0.15, 0.2) is 5.05 Å². The lowest BCUT2D eigenvalue weighted by molar-refractivity contribution is -0.384. The number of hydrogen-bond donors (Lipinski definition) is 2. The fourth-order valence-corrected chi connectivity index (χ4v) is 3.12. The first kappa shape index (κ1) is 17.0. The van der Waals surface area contributed by atoms with Crippen LogP contribution in [0.25, 0.3) is 11.1 Å². The van der Waals surface area contributed by atoms with Crippen molar-refractivity contribution >= 4 is 33.0 Å². The molecule has 120 valence electrons. The largest absolute Gasteiger partial charge is 0.499 e. The predicted molar refractivity (Wildman–Crippen MR) is 89.0 cm³/mol. The molecule has 0 aromatic heterocycles. The summed E-state index contributed by atoms with van der Waals surface area (Å²) in [5, 5.41) is 25.4. The third kappa shape index (κ3) is 3.36. The van der Waals surface area contributed by atoms with Gasteiger partial charge in [0.1, 0.15) is 0 Å². The maximum absolute atomic E-state index is 11.9. The lowest BCUT2D eigenvalue weighted by atomic mass is 9.97. The van der Waals surface area contributed by atoms with E-state index in [1.807, 2.05) is 0 Å². The van der Waals surface area contributed by atoms with E-state index in [-0.39, 0.29) is 11.1 Å². The lowest BCUT2D eigenvalue weighted by Crippen LogP contribution is -2.16. The number of primary sulfonamides is 1. The molecule has 2 aromatic carbocycles. The van der Waals surface area contributed by atoms with Crippen molar-refractivity contribution in [2.45, 2.75) is 11.8 Å². The molecular formula is C14H12N2O5S2. The van der Waals surface area contributed by atoms with Crippen LogP contribution in [0.15, 0.2) is 41.3 Å². The first-order valence-electron chi connectivity index (χ1n) is 6.27. The van der Waals surface area contributed by atoms with Gasteiger partial charge in [0.25, 0.3) is 5.69 Å². The standard InChI is InChI=1S/C14H12N2O5S2/c1-8-4-2-3-5-10(8)13-11(16(18)19)6-9(14(17)22)7-12(13)23(15,20)21/h2-7H,1H3,(H,17,22)(H2,15,20,21). The zero-order valence-corrected chi connectivity index (χ0v) is 13.5. The van der Waals surface area contributed by atoms with Crippen LogP contribution >= 0.6 is 12.2 Å². The Morgan fingerprint density at radius 1 is 1.30 bits per heavy atom. The van der Waals surface area contributed by atoms with E-state index in [0.717, 1.165) is 12.1 Å². The molecular weight excluding hydrogens is 340 g/mol. The minimum atomic E-state index is -4.29. The van der Waals surface area contributed by atoms with E-state index in [1.54, 1.807) is 31.2 Å². The Morgan fingerprint density at radius 2 is 1.91 bits per heavy atom. The second-order valence-electron chi connectivity index (χ2n) is 4.79. The summed E-state index contributed by atoms with van der Waals surface area (Å²) in [5.41, 5.74) is 0.208. The highest BCUT2D eigenvalue weighted by atomic mass is 32.2.